The highest BCUT2D eigenvalue weighted by molar-refractivity contribution is 5.84. The van der Waals surface area contributed by atoms with Crippen LogP contribution in [0.1, 0.15) is 25.8 Å². The first-order valence-electron chi connectivity index (χ1n) is 10.3. The minimum absolute atomic E-state index is 0.0245. The zero-order valence-corrected chi connectivity index (χ0v) is 17.4. The van der Waals surface area contributed by atoms with Gasteiger partial charge in [0.05, 0.1) is 6.54 Å². The maximum atomic E-state index is 12.6. The molecule has 1 aromatic carbocycles. The predicted octanol–water partition coefficient (Wildman–Crippen LogP) is 1.08. The lowest BCUT2D eigenvalue weighted by atomic mass is 9.76. The average molecular weight is 402 g/mol. The molecule has 7 nitrogen and oxygen atoms in total. The van der Waals surface area contributed by atoms with Crippen molar-refractivity contribution in [2.75, 3.05) is 45.9 Å². The Bertz CT molecular complexity index is 739. The molecule has 0 bridgehead atoms. The Morgan fingerprint density at radius 3 is 2.38 bits per heavy atom. The van der Waals surface area contributed by atoms with E-state index >= 15 is 0 Å². The molecule has 2 aliphatic rings. The van der Waals surface area contributed by atoms with Gasteiger partial charge in [-0.3, -0.25) is 14.4 Å². The Kier molecular flexibility index (Phi) is 6.90. The van der Waals surface area contributed by atoms with Crippen LogP contribution < -0.4 is 5.32 Å². The van der Waals surface area contributed by atoms with E-state index in [-0.39, 0.29) is 42.2 Å². The molecule has 2 heterocycles. The highest BCUT2D eigenvalue weighted by Gasteiger charge is 2.53. The van der Waals surface area contributed by atoms with Gasteiger partial charge < -0.3 is 19.9 Å². The first-order chi connectivity index (χ1) is 13.9. The Hall–Kier alpha value is -2.41. The van der Waals surface area contributed by atoms with Gasteiger partial charge in [0.1, 0.15) is 6.61 Å². The maximum absolute atomic E-state index is 12.6. The summed E-state index contributed by atoms with van der Waals surface area (Å²) in [5.41, 5.74) is 1.16. The van der Waals surface area contributed by atoms with Gasteiger partial charge in [-0.25, -0.2) is 0 Å². The molecule has 29 heavy (non-hydrogen) atoms. The van der Waals surface area contributed by atoms with E-state index in [1.54, 1.807) is 0 Å². The number of amides is 3. The molecule has 2 aliphatic heterocycles. The molecular weight excluding hydrogens is 370 g/mol. The lowest BCUT2D eigenvalue weighted by Gasteiger charge is -2.29. The van der Waals surface area contributed by atoms with Gasteiger partial charge in [0, 0.05) is 51.0 Å². The zero-order chi connectivity index (χ0) is 20.9. The molecule has 0 radical (unpaired) electrons. The van der Waals surface area contributed by atoms with Gasteiger partial charge >= 0.3 is 0 Å². The van der Waals surface area contributed by atoms with E-state index in [9.17, 15) is 14.4 Å². The second kappa shape index (κ2) is 9.39. The Balaban J connectivity index is 1.69. The molecule has 2 atom stereocenters. The van der Waals surface area contributed by atoms with Crippen molar-refractivity contribution in [3.05, 3.63) is 35.9 Å². The van der Waals surface area contributed by atoms with Gasteiger partial charge in [-0.15, -0.1) is 0 Å². The first kappa shape index (κ1) is 21.3. The van der Waals surface area contributed by atoms with Gasteiger partial charge in [-0.05, 0) is 25.3 Å². The van der Waals surface area contributed by atoms with E-state index in [1.165, 1.54) is 12.5 Å². The molecule has 0 aliphatic carbocycles. The van der Waals surface area contributed by atoms with Crippen molar-refractivity contribution in [3.8, 4) is 0 Å². The van der Waals surface area contributed by atoms with E-state index in [0.717, 1.165) is 12.8 Å². The molecular formula is C22H31N3O4. The summed E-state index contributed by atoms with van der Waals surface area (Å²) in [6, 6.07) is 10.3. The van der Waals surface area contributed by atoms with Gasteiger partial charge in [-0.1, -0.05) is 30.3 Å². The van der Waals surface area contributed by atoms with Crippen molar-refractivity contribution in [1.29, 1.82) is 0 Å². The summed E-state index contributed by atoms with van der Waals surface area (Å²) in [5.74, 6) is 0.0135. The Morgan fingerprint density at radius 2 is 1.76 bits per heavy atom. The van der Waals surface area contributed by atoms with E-state index in [2.05, 4.69) is 17.4 Å². The van der Waals surface area contributed by atoms with Crippen molar-refractivity contribution in [2.45, 2.75) is 26.7 Å². The minimum atomic E-state index is -0.204. The molecule has 1 N–H and O–H groups in total. The number of likely N-dealkylation sites (tertiary alicyclic amines) is 2. The fraction of sp³-hybridized carbons (Fsp3) is 0.591. The molecule has 2 saturated heterocycles. The zero-order valence-electron chi connectivity index (χ0n) is 17.4. The van der Waals surface area contributed by atoms with E-state index in [0.29, 0.717) is 32.8 Å². The lowest BCUT2D eigenvalue weighted by molar-refractivity contribution is -0.136. The molecule has 1 aromatic rings. The minimum Gasteiger partial charge on any atom is -0.372 e. The van der Waals surface area contributed by atoms with Crippen LogP contribution in [0.5, 0.6) is 0 Å². The van der Waals surface area contributed by atoms with E-state index < -0.39 is 0 Å². The molecule has 2 unspecified atom stereocenters. The lowest BCUT2D eigenvalue weighted by Crippen LogP contribution is -2.43. The first-order valence-corrected chi connectivity index (χ1v) is 10.3. The number of carbonyl (C=O) groups excluding carboxylic acids is 3. The fourth-order valence-corrected chi connectivity index (χ4v) is 4.55. The predicted molar refractivity (Wildman–Crippen MR) is 109 cm³/mol. The maximum Gasteiger partial charge on any atom is 0.248 e. The molecule has 0 saturated carbocycles. The second-order valence-corrected chi connectivity index (χ2v) is 8.14. The van der Waals surface area contributed by atoms with Gasteiger partial charge in [0.2, 0.25) is 17.7 Å². The van der Waals surface area contributed by atoms with Crippen LogP contribution in [0.25, 0.3) is 0 Å². The molecule has 0 aromatic heterocycles. The summed E-state index contributed by atoms with van der Waals surface area (Å²) in [6.07, 6.45) is 1.84. The summed E-state index contributed by atoms with van der Waals surface area (Å²) in [4.78, 5) is 40.0. The van der Waals surface area contributed by atoms with Crippen LogP contribution in [0, 0.1) is 11.3 Å². The normalized spacial score (nSPS) is 23.2. The topological polar surface area (TPSA) is 79.0 Å². The number of rotatable bonds is 8. The van der Waals surface area contributed by atoms with Crippen molar-refractivity contribution in [2.24, 2.45) is 11.3 Å². The van der Waals surface area contributed by atoms with Gasteiger partial charge in [-0.2, -0.15) is 0 Å². The van der Waals surface area contributed by atoms with Crippen molar-refractivity contribution in [1.82, 2.24) is 15.1 Å². The number of benzene rings is 1. The summed E-state index contributed by atoms with van der Waals surface area (Å²) in [5, 5.41) is 2.60. The van der Waals surface area contributed by atoms with Crippen LogP contribution in [0.15, 0.2) is 30.3 Å². The molecule has 0 spiro atoms. The summed E-state index contributed by atoms with van der Waals surface area (Å²) < 4.78 is 5.31. The summed E-state index contributed by atoms with van der Waals surface area (Å²) in [6.45, 7) is 6.53. The van der Waals surface area contributed by atoms with Crippen LogP contribution >= 0.6 is 0 Å². The van der Waals surface area contributed by atoms with Crippen molar-refractivity contribution in [3.63, 3.8) is 0 Å². The van der Waals surface area contributed by atoms with Crippen molar-refractivity contribution < 1.29 is 19.1 Å². The highest BCUT2D eigenvalue weighted by atomic mass is 16.5. The summed E-state index contributed by atoms with van der Waals surface area (Å²) in [7, 11) is 0. The molecule has 158 valence electrons. The van der Waals surface area contributed by atoms with Crippen molar-refractivity contribution >= 4 is 17.7 Å². The number of ether oxygens (including phenoxy) is 1. The third kappa shape index (κ3) is 5.15. The monoisotopic (exact) mass is 401 g/mol. The number of nitrogens with zero attached hydrogens (tertiary/aromatic N) is 2. The molecule has 2 fully saturated rings. The number of aryl methyl sites for hydroxylation is 1. The van der Waals surface area contributed by atoms with Gasteiger partial charge in [0.25, 0.3) is 0 Å². The molecule has 7 heteroatoms. The van der Waals surface area contributed by atoms with E-state index in [1.807, 2.05) is 34.9 Å². The van der Waals surface area contributed by atoms with Crippen LogP contribution in [0.4, 0.5) is 0 Å². The SMILES string of the molecule is CCOCC(=O)N1CC2CN(C(=O)CNC(C)=O)CC2(CCc2ccccc2)C1. The smallest absolute Gasteiger partial charge is 0.248 e. The quantitative estimate of drug-likeness (QED) is 0.707. The number of fused-ring (bicyclic) bond motifs is 1. The largest absolute Gasteiger partial charge is 0.372 e. The Morgan fingerprint density at radius 1 is 1.10 bits per heavy atom. The third-order valence-corrected chi connectivity index (χ3v) is 6.14. The van der Waals surface area contributed by atoms with Crippen LogP contribution in [0.3, 0.4) is 0 Å². The average Bonchev–Trinajstić information content (AvgIpc) is 3.24. The fourth-order valence-electron chi connectivity index (χ4n) is 4.55. The van der Waals surface area contributed by atoms with Crippen LogP contribution in [-0.4, -0.2) is 73.5 Å². The number of nitrogens with one attached hydrogen (secondary N) is 1. The third-order valence-electron chi connectivity index (χ3n) is 6.14. The Labute approximate surface area is 172 Å². The standard InChI is InChI=1S/C22H31N3O4/c1-3-29-14-21(28)25-13-19-12-24(20(27)11-23-17(2)26)15-22(19,16-25)10-9-18-7-5-4-6-8-18/h4-8,19H,3,9-16H2,1-2H3,(H,23,26). The number of carbonyl (C=O) groups is 3. The molecule has 3 amide bonds. The number of hydrogen-bond acceptors (Lipinski definition) is 4. The van der Waals surface area contributed by atoms with Crippen LogP contribution in [-0.2, 0) is 25.5 Å². The highest BCUT2D eigenvalue weighted by Crippen LogP contribution is 2.45. The molecule has 3 rings (SSSR count). The number of hydrogen-bond donors (Lipinski definition) is 1. The second-order valence-electron chi connectivity index (χ2n) is 8.14. The van der Waals surface area contributed by atoms with Gasteiger partial charge in [0.15, 0.2) is 0 Å². The van der Waals surface area contributed by atoms with E-state index in [4.69, 9.17) is 4.74 Å². The van der Waals surface area contributed by atoms with Crippen LogP contribution in [0.2, 0.25) is 0 Å². The summed E-state index contributed by atoms with van der Waals surface area (Å²) >= 11 is 0.